The molecular formula is C15H19Cl2N3S. The van der Waals surface area contributed by atoms with Crippen LogP contribution in [0.5, 0.6) is 0 Å². The van der Waals surface area contributed by atoms with Gasteiger partial charge in [-0.25, -0.2) is 0 Å². The Bertz CT molecular complexity index is 620. The van der Waals surface area contributed by atoms with Crippen molar-refractivity contribution in [3.8, 4) is 0 Å². The van der Waals surface area contributed by atoms with E-state index < -0.39 is 0 Å². The van der Waals surface area contributed by atoms with Crippen LogP contribution in [0.2, 0.25) is 10.0 Å². The third-order valence-electron chi connectivity index (χ3n) is 3.33. The maximum atomic E-state index is 6.28. The maximum Gasteiger partial charge on any atom is 0.0857 e. The Balaban J connectivity index is 2.31. The van der Waals surface area contributed by atoms with Gasteiger partial charge in [0.25, 0.3) is 0 Å². The molecule has 114 valence electrons. The summed E-state index contributed by atoms with van der Waals surface area (Å²) in [6.45, 7) is 6.44. The van der Waals surface area contributed by atoms with Crippen LogP contribution in [0.15, 0.2) is 18.2 Å². The number of hydrogen-bond donors (Lipinski definition) is 1. The molecule has 2 rings (SSSR count). The Hall–Kier alpha value is -0.680. The van der Waals surface area contributed by atoms with Crippen LogP contribution in [0, 0.1) is 0 Å². The molecule has 6 heteroatoms. The molecule has 0 saturated heterocycles. The van der Waals surface area contributed by atoms with E-state index in [9.17, 15) is 0 Å². The van der Waals surface area contributed by atoms with Crippen LogP contribution in [-0.4, -0.2) is 16.6 Å². The summed E-state index contributed by atoms with van der Waals surface area (Å²) < 4.78 is 4.13. The number of halogens is 2. The van der Waals surface area contributed by atoms with E-state index in [1.54, 1.807) is 6.07 Å². The largest absolute Gasteiger partial charge is 0.312 e. The monoisotopic (exact) mass is 343 g/mol. The zero-order valence-corrected chi connectivity index (χ0v) is 14.9. The van der Waals surface area contributed by atoms with Gasteiger partial charge in [0.2, 0.25) is 0 Å². The SMILES string of the molecule is CNC(Cc1ccc(Cl)cc1Cl)c1snnc1C(C)(C)C. The Kier molecular flexibility index (Phi) is 5.25. The van der Waals surface area contributed by atoms with Crippen molar-refractivity contribution in [1.82, 2.24) is 14.9 Å². The van der Waals surface area contributed by atoms with Gasteiger partial charge in [-0.05, 0) is 42.7 Å². The molecule has 0 amide bonds. The van der Waals surface area contributed by atoms with Crippen LogP contribution < -0.4 is 5.32 Å². The van der Waals surface area contributed by atoms with Crippen molar-refractivity contribution in [3.05, 3.63) is 44.4 Å². The summed E-state index contributed by atoms with van der Waals surface area (Å²) in [5.74, 6) is 0. The maximum absolute atomic E-state index is 6.28. The summed E-state index contributed by atoms with van der Waals surface area (Å²) in [6, 6.07) is 5.75. The second kappa shape index (κ2) is 6.61. The molecule has 1 N–H and O–H groups in total. The van der Waals surface area contributed by atoms with Crippen molar-refractivity contribution in [3.63, 3.8) is 0 Å². The van der Waals surface area contributed by atoms with Crippen LogP contribution >= 0.6 is 34.7 Å². The summed E-state index contributed by atoms with van der Waals surface area (Å²) in [5, 5.41) is 9.00. The van der Waals surface area contributed by atoms with E-state index in [0.29, 0.717) is 10.0 Å². The Morgan fingerprint density at radius 1 is 1.29 bits per heavy atom. The number of rotatable bonds is 4. The summed E-state index contributed by atoms with van der Waals surface area (Å²) in [4.78, 5) is 1.16. The van der Waals surface area contributed by atoms with Crippen molar-refractivity contribution in [1.29, 1.82) is 0 Å². The second-order valence-electron chi connectivity index (χ2n) is 6.02. The van der Waals surface area contributed by atoms with E-state index in [1.807, 2.05) is 19.2 Å². The van der Waals surface area contributed by atoms with Gasteiger partial charge in [0.1, 0.15) is 0 Å². The normalized spacial score (nSPS) is 13.4. The molecular weight excluding hydrogens is 325 g/mol. The van der Waals surface area contributed by atoms with Gasteiger partial charge in [0, 0.05) is 21.5 Å². The minimum Gasteiger partial charge on any atom is -0.312 e. The van der Waals surface area contributed by atoms with Gasteiger partial charge in [-0.15, -0.1) is 5.10 Å². The molecule has 21 heavy (non-hydrogen) atoms. The van der Waals surface area contributed by atoms with Crippen LogP contribution in [0.4, 0.5) is 0 Å². The van der Waals surface area contributed by atoms with Gasteiger partial charge in [-0.3, -0.25) is 0 Å². The van der Waals surface area contributed by atoms with Gasteiger partial charge in [-0.2, -0.15) is 0 Å². The number of nitrogens with one attached hydrogen (secondary N) is 1. The van der Waals surface area contributed by atoms with E-state index in [2.05, 4.69) is 35.7 Å². The fraction of sp³-hybridized carbons (Fsp3) is 0.467. The molecule has 0 aliphatic carbocycles. The Morgan fingerprint density at radius 2 is 2.00 bits per heavy atom. The molecule has 0 spiro atoms. The topological polar surface area (TPSA) is 37.8 Å². The zero-order chi connectivity index (χ0) is 15.6. The fourth-order valence-electron chi connectivity index (χ4n) is 2.18. The summed E-state index contributed by atoms with van der Waals surface area (Å²) >= 11 is 13.7. The number of aromatic nitrogens is 2. The predicted molar refractivity (Wildman–Crippen MR) is 90.6 cm³/mol. The van der Waals surface area contributed by atoms with E-state index in [1.165, 1.54) is 11.5 Å². The molecule has 0 radical (unpaired) electrons. The van der Waals surface area contributed by atoms with Crippen LogP contribution in [0.1, 0.15) is 42.9 Å². The molecule has 0 aliphatic rings. The van der Waals surface area contributed by atoms with Gasteiger partial charge in [0.15, 0.2) is 0 Å². The van der Waals surface area contributed by atoms with Gasteiger partial charge in [-0.1, -0.05) is 54.5 Å². The molecule has 0 saturated carbocycles. The third-order valence-corrected chi connectivity index (χ3v) is 4.75. The van der Waals surface area contributed by atoms with Crippen molar-refractivity contribution < 1.29 is 0 Å². The summed E-state index contributed by atoms with van der Waals surface area (Å²) in [7, 11) is 1.95. The Labute approximate surface area is 139 Å². The molecule has 1 heterocycles. The van der Waals surface area contributed by atoms with Crippen molar-refractivity contribution in [2.24, 2.45) is 0 Å². The first-order valence-corrected chi connectivity index (χ1v) is 8.29. The zero-order valence-electron chi connectivity index (χ0n) is 12.6. The lowest BCUT2D eigenvalue weighted by atomic mass is 9.89. The molecule has 1 aromatic carbocycles. The molecule has 1 unspecified atom stereocenters. The standard InChI is InChI=1S/C15H19Cl2N3S/c1-15(2,3)14-13(21-20-19-14)12(18-4)7-9-5-6-10(16)8-11(9)17/h5-6,8,12,18H,7H2,1-4H3. The molecule has 1 aromatic heterocycles. The Morgan fingerprint density at radius 3 is 2.57 bits per heavy atom. The average molecular weight is 344 g/mol. The third kappa shape index (κ3) is 3.95. The minimum atomic E-state index is -0.0266. The number of hydrogen-bond acceptors (Lipinski definition) is 4. The van der Waals surface area contributed by atoms with Crippen LogP contribution in [-0.2, 0) is 11.8 Å². The van der Waals surface area contributed by atoms with Crippen molar-refractivity contribution >= 4 is 34.7 Å². The first-order chi connectivity index (χ1) is 9.82. The van der Waals surface area contributed by atoms with Crippen molar-refractivity contribution in [2.75, 3.05) is 7.05 Å². The number of nitrogens with zero attached hydrogens (tertiary/aromatic N) is 2. The van der Waals surface area contributed by atoms with Crippen molar-refractivity contribution in [2.45, 2.75) is 38.6 Å². The van der Waals surface area contributed by atoms with E-state index in [4.69, 9.17) is 23.2 Å². The minimum absolute atomic E-state index is 0.0266. The molecule has 0 bridgehead atoms. The summed E-state index contributed by atoms with van der Waals surface area (Å²) in [6.07, 6.45) is 0.777. The number of likely N-dealkylation sites (N-methyl/N-ethyl adjacent to an activating group) is 1. The molecule has 0 aliphatic heterocycles. The van der Waals surface area contributed by atoms with E-state index in [0.717, 1.165) is 22.6 Å². The fourth-order valence-corrected chi connectivity index (χ4v) is 3.64. The first-order valence-electron chi connectivity index (χ1n) is 6.77. The van der Waals surface area contributed by atoms with Crippen LogP contribution in [0.3, 0.4) is 0 Å². The lowest BCUT2D eigenvalue weighted by molar-refractivity contribution is 0.530. The second-order valence-corrected chi connectivity index (χ2v) is 7.65. The predicted octanol–water partition coefficient (Wildman–Crippen LogP) is 4.65. The average Bonchev–Trinajstić information content (AvgIpc) is 2.87. The first kappa shape index (κ1) is 16.7. The van der Waals surface area contributed by atoms with Gasteiger partial charge < -0.3 is 5.32 Å². The smallest absolute Gasteiger partial charge is 0.0857 e. The van der Waals surface area contributed by atoms with E-state index >= 15 is 0 Å². The van der Waals surface area contributed by atoms with E-state index in [-0.39, 0.29) is 11.5 Å². The highest BCUT2D eigenvalue weighted by molar-refractivity contribution is 7.05. The lowest BCUT2D eigenvalue weighted by Crippen LogP contribution is -2.23. The molecule has 3 nitrogen and oxygen atoms in total. The highest BCUT2D eigenvalue weighted by Gasteiger charge is 2.27. The van der Waals surface area contributed by atoms with Gasteiger partial charge >= 0.3 is 0 Å². The highest BCUT2D eigenvalue weighted by Crippen LogP contribution is 2.33. The lowest BCUT2D eigenvalue weighted by Gasteiger charge is -2.22. The molecule has 1 atom stereocenters. The molecule has 2 aromatic rings. The molecule has 0 fully saturated rings. The number of benzene rings is 1. The quantitative estimate of drug-likeness (QED) is 0.878. The summed E-state index contributed by atoms with van der Waals surface area (Å²) in [5.41, 5.74) is 2.08. The highest BCUT2D eigenvalue weighted by atomic mass is 35.5. The van der Waals surface area contributed by atoms with Gasteiger partial charge in [0.05, 0.1) is 10.6 Å². The van der Waals surface area contributed by atoms with Crippen LogP contribution in [0.25, 0.3) is 0 Å².